The van der Waals surface area contributed by atoms with E-state index in [0.29, 0.717) is 54.9 Å². The molecular formula is C104H86F12I12O18S3. The van der Waals surface area contributed by atoms with Crippen molar-refractivity contribution in [2.45, 2.75) is 171 Å². The minimum atomic E-state index is -5.91. The molecule has 3 atom stereocenters. The molecule has 0 radical (unpaired) electrons. The predicted molar refractivity (Wildman–Crippen MR) is 594 cm³/mol. The van der Waals surface area contributed by atoms with Crippen molar-refractivity contribution in [3.05, 3.63) is 349 Å². The molecule has 16 rings (SSSR count). The zero-order valence-corrected chi connectivity index (χ0v) is 108. The number of rotatable bonds is 21. The molecule has 4 aliphatic carbocycles. The minimum absolute atomic E-state index is 0.00394. The third-order valence-electron chi connectivity index (χ3n) is 23.2. The van der Waals surface area contributed by atoms with Crippen LogP contribution in [0.15, 0.2) is 191 Å². The number of halogens is 24. The van der Waals surface area contributed by atoms with Crippen LogP contribution in [-0.4, -0.2) is 73.5 Å². The Labute approximate surface area is 1010 Å². The first-order valence-electron chi connectivity index (χ1n) is 44.1. The first-order valence-corrected chi connectivity index (χ1v) is 64.6. The molecule has 0 spiro atoms. The fourth-order valence-corrected chi connectivity index (χ4v) is 33.8. The summed E-state index contributed by atoms with van der Waals surface area (Å²) in [5.74, 6) is -39.1. The first-order chi connectivity index (χ1) is 69.2. The van der Waals surface area contributed by atoms with Crippen LogP contribution in [0, 0.1) is 167 Å². The van der Waals surface area contributed by atoms with E-state index in [1.807, 2.05) is 142 Å². The molecule has 4 fully saturated rings. The van der Waals surface area contributed by atoms with Crippen molar-refractivity contribution in [2.24, 2.45) is 23.2 Å². The third kappa shape index (κ3) is 32.5. The number of benzene rings is 12. The van der Waals surface area contributed by atoms with Gasteiger partial charge in [0.05, 0.1) is 29.6 Å². The van der Waals surface area contributed by atoms with Gasteiger partial charge in [-0.2, -0.15) is 26.3 Å². The normalized spacial score (nSPS) is 15.9. The van der Waals surface area contributed by atoms with Crippen LogP contribution in [0.1, 0.15) is 173 Å². The molecule has 796 valence electrons. The fraction of sp³-hybridized carbons (Fsp3) is 0.269. The summed E-state index contributed by atoms with van der Waals surface area (Å²) in [4.78, 5) is 44.3. The molecule has 12 aromatic carbocycles. The second-order valence-corrected chi connectivity index (χ2v) is 60.0. The number of aromatic hydroxyl groups is 1. The number of phenols is 1. The molecule has 1 N–H and O–H groups in total. The van der Waals surface area contributed by atoms with Crippen LogP contribution >= 0.6 is 203 Å². The number of carbonyl (C=O) groups excluding carboxylic acids is 4. The van der Waals surface area contributed by atoms with Crippen LogP contribution in [0.3, 0.4) is 0 Å². The Kier molecular flexibility index (Phi) is 45.3. The molecule has 12 aromatic rings. The van der Waals surface area contributed by atoms with Gasteiger partial charge in [0.15, 0.2) is 56.3 Å². The van der Waals surface area contributed by atoms with Crippen LogP contribution in [0.25, 0.3) is 0 Å². The maximum atomic E-state index is 14.6. The lowest BCUT2D eigenvalue weighted by Gasteiger charge is -2.59. The molecule has 4 aliphatic rings. The Morgan fingerprint density at radius 1 is 0.430 bits per heavy atom. The molecule has 0 saturated heterocycles. The summed E-state index contributed by atoms with van der Waals surface area (Å²) in [5.41, 5.74) is 7.39. The van der Waals surface area contributed by atoms with E-state index in [-0.39, 0.29) is 130 Å². The molecule has 0 aromatic heterocycles. The van der Waals surface area contributed by atoms with Crippen molar-refractivity contribution in [1.82, 2.24) is 0 Å². The average molecular weight is 3470 g/mol. The topological polar surface area (TPSA) is 297 Å². The average Bonchev–Trinajstić information content (AvgIpc) is 0.709. The molecule has 0 heterocycles. The minimum Gasteiger partial charge on any atom is -0.744 e. The summed E-state index contributed by atoms with van der Waals surface area (Å²) in [6, 6.07) is 62.0. The number of carbonyl (C=O) groups is 4. The largest absolute Gasteiger partial charge is 0.744 e. The Balaban J connectivity index is 0.000000188. The highest BCUT2D eigenvalue weighted by Gasteiger charge is 2.64. The van der Waals surface area contributed by atoms with E-state index in [9.17, 15) is 116 Å². The molecule has 4 bridgehead atoms. The number of hydrogen-bond acceptors (Lipinski definition) is 18. The molecule has 4 saturated carbocycles. The van der Waals surface area contributed by atoms with Gasteiger partial charge >= 0.3 is 87.5 Å². The van der Waals surface area contributed by atoms with E-state index >= 15 is 0 Å². The van der Waals surface area contributed by atoms with E-state index in [1.54, 1.807) is 51.3 Å². The standard InChI is InChI=1S/C24H17F4I3O7S.C20H26I.C17H11F4I3O6S.2C15H16I.C13H3F4I3O5S/c25-14-16(27)20(39(34,35)36)17(28)15(26)19(14)37-22(33)23-4-9-1-10(5-23)7-24(6-9,8-23)38-21(32)12-2-11(29)3-13(30)18(12)31;1-19(2,3)15-7-11-17(12-8-15)21-18-13-9-16(10-14-18)20(4,5)6;1-2-5(3-6-7(22)4-8(23)14(25)13(6)24)17(26)30-15-9(18)11(20)16(31(27,28)29)12(21)10(15)19;1-11-9-12(2)15(13(3)10-11)16-14-7-5-4-6-8-14;1-12(2)13-8-10-15(11-9-13)16-14-6-4-3-5-7-14;14-6-8(16)12(26(22,23)24)9(17)7(15)11(6)25-13(21)4-1-3(18)2-5(19)10(4)20/h2-3,9-10H,1,4-8H2,(H,34,35,36);7-14H,1-6H3;4-5,25H,2-3H2,1H3,(H,27,28,29);4-10H,1-3H3;3-12H,1-2H3;1-2H,(H,22,23,24)/q;+1;;2*+1;/p-3. The van der Waals surface area contributed by atoms with Gasteiger partial charge in [-0.3, -0.25) is 9.59 Å². The number of hydrogen-bond donors (Lipinski definition) is 1. The lowest BCUT2D eigenvalue weighted by atomic mass is 9.48. The quantitative estimate of drug-likeness (QED) is 0.0174. The van der Waals surface area contributed by atoms with Crippen LogP contribution in [0.2, 0.25) is 0 Å². The molecule has 0 aliphatic heterocycles. The maximum Gasteiger partial charge on any atom is 0.358 e. The van der Waals surface area contributed by atoms with Gasteiger partial charge in [-0.05, 0) is 411 Å². The molecule has 3 unspecified atom stereocenters. The first kappa shape index (κ1) is 127. The number of aryl methyl sites for hydroxylation is 3. The molecular weight excluding hydrogens is 3380 g/mol. The van der Waals surface area contributed by atoms with Gasteiger partial charge in [0.1, 0.15) is 56.4 Å². The summed E-state index contributed by atoms with van der Waals surface area (Å²) in [6.45, 7) is 26.3. The van der Waals surface area contributed by atoms with Gasteiger partial charge in [0, 0.05) is 42.5 Å². The predicted octanol–water partition coefficient (Wildman–Crippen LogP) is 19.2. The van der Waals surface area contributed by atoms with Crippen molar-refractivity contribution in [2.75, 3.05) is 0 Å². The number of esters is 4. The second-order valence-electron chi connectivity index (χ2n) is 36.7. The van der Waals surface area contributed by atoms with E-state index in [1.165, 1.54) is 57.3 Å². The van der Waals surface area contributed by atoms with Crippen LogP contribution in [0.4, 0.5) is 52.7 Å². The molecule has 149 heavy (non-hydrogen) atoms. The van der Waals surface area contributed by atoms with Crippen LogP contribution in [0.5, 0.6) is 23.0 Å². The van der Waals surface area contributed by atoms with Gasteiger partial charge in [-0.15, -0.1) is 0 Å². The summed E-state index contributed by atoms with van der Waals surface area (Å²) < 4.78 is 302. The van der Waals surface area contributed by atoms with Gasteiger partial charge in [0.2, 0.25) is 52.2 Å². The van der Waals surface area contributed by atoms with Gasteiger partial charge in [0.25, 0.3) is 0 Å². The van der Waals surface area contributed by atoms with Crippen LogP contribution in [-0.2, 0) is 61.9 Å². The summed E-state index contributed by atoms with van der Waals surface area (Å²) in [6.07, 6.45) is 2.25. The summed E-state index contributed by atoms with van der Waals surface area (Å²) >= 11 is 17.4. The summed E-state index contributed by atoms with van der Waals surface area (Å²) in [5, 5.41) is 10.1. The third-order valence-corrected chi connectivity index (χ3v) is 45.0. The monoisotopic (exact) mass is 3470 g/mol. The molecule has 18 nitrogen and oxygen atoms in total. The zero-order chi connectivity index (χ0) is 111. The van der Waals surface area contributed by atoms with Crippen LogP contribution < -0.4 is 77.8 Å². The highest BCUT2D eigenvalue weighted by molar-refractivity contribution is 14.1. The SMILES string of the molecule is CC(C)(C)c1ccc([I+]c2ccc(C(C)(C)C)cc2)cc1.CC(C)c1ccc([I+]c2ccccc2)cc1.CCC(Cc1c(I)cc(I)c(O)c1I)C(=O)Oc1c(F)c(F)c(S(=O)(=O)[O-])c(F)c1F.Cc1cc(C)c([I+]c2ccccc2)c(C)c1.O=C(OC12CC3CC(C1)CC(C(=O)Oc1c(F)c(F)c(S(=O)(=O)[O-])c(F)c1F)(C3)C2)c1cc(I)cc(I)c1I.O=C(Oc1c(F)c(F)c(S(=O)(=O)[O-])c(F)c1F)c1cc(I)cc(I)c1I. The van der Waals surface area contributed by atoms with E-state index < -0.39 is 173 Å². The van der Waals surface area contributed by atoms with Crippen molar-refractivity contribution in [3.8, 4) is 23.0 Å². The maximum absolute atomic E-state index is 14.6. The van der Waals surface area contributed by atoms with Crippen molar-refractivity contribution >= 4 is 258 Å². The number of ether oxygens (including phenoxy) is 4. The Morgan fingerprint density at radius 3 is 1.14 bits per heavy atom. The molecule has 45 heteroatoms. The van der Waals surface area contributed by atoms with Crippen molar-refractivity contribution < 1.29 is 198 Å². The lowest BCUT2D eigenvalue weighted by molar-refractivity contribution is -0.598. The Morgan fingerprint density at radius 2 is 0.779 bits per heavy atom. The van der Waals surface area contributed by atoms with E-state index in [0.717, 1.165) is 13.6 Å². The fourth-order valence-electron chi connectivity index (χ4n) is 16.4. The summed E-state index contributed by atoms with van der Waals surface area (Å²) in [7, 11) is -17.6. The Bertz CT molecular complexity index is 7290. The van der Waals surface area contributed by atoms with E-state index in [4.69, 9.17) is 9.47 Å². The van der Waals surface area contributed by atoms with Crippen molar-refractivity contribution in [1.29, 1.82) is 0 Å². The zero-order valence-electron chi connectivity index (χ0n) is 79.9. The van der Waals surface area contributed by atoms with Crippen molar-refractivity contribution in [3.63, 3.8) is 0 Å². The second kappa shape index (κ2) is 53.3. The smallest absolute Gasteiger partial charge is 0.358 e. The highest BCUT2D eigenvalue weighted by atomic mass is 127. The lowest BCUT2D eigenvalue weighted by Crippen LogP contribution is -3.62. The highest BCUT2D eigenvalue weighted by Crippen LogP contribution is 2.64. The van der Waals surface area contributed by atoms with Gasteiger partial charge in [-0.1, -0.05) is 153 Å². The van der Waals surface area contributed by atoms with E-state index in [2.05, 4.69) is 276 Å². The van der Waals surface area contributed by atoms with Gasteiger partial charge in [-0.25, -0.2) is 61.2 Å². The van der Waals surface area contributed by atoms with Gasteiger partial charge < -0.3 is 37.7 Å². The Hall–Kier alpha value is -4.03. The molecule has 0 amide bonds. The number of phenolic OH excluding ortho intramolecular Hbond substituents is 1.